The second kappa shape index (κ2) is 5.13. The van der Waals surface area contributed by atoms with Crippen LogP contribution in [0.1, 0.15) is 25.6 Å². The zero-order valence-electron chi connectivity index (χ0n) is 10.0. The van der Waals surface area contributed by atoms with Crippen LogP contribution in [-0.2, 0) is 13.1 Å². The monoisotopic (exact) mass is 238 g/mol. The molecule has 0 radical (unpaired) electrons. The number of aryl methyl sites for hydroxylation is 1. The lowest BCUT2D eigenvalue weighted by atomic mass is 10.3. The topological polar surface area (TPSA) is 80.3 Å². The molecule has 0 aromatic carbocycles. The molecule has 0 saturated carbocycles. The molecule has 17 heavy (non-hydrogen) atoms. The molecule has 1 saturated heterocycles. The number of carbonyl (C=O) groups excluding carboxylic acids is 1. The number of nitrogens with two attached hydrogens (primary N) is 1. The summed E-state index contributed by atoms with van der Waals surface area (Å²) in [6, 6.07) is -0.137. The van der Waals surface area contributed by atoms with Crippen molar-refractivity contribution >= 4 is 6.03 Å². The summed E-state index contributed by atoms with van der Waals surface area (Å²) in [4.78, 5) is 17.7. The molecule has 1 aliphatic rings. The highest BCUT2D eigenvalue weighted by Crippen LogP contribution is 2.09. The summed E-state index contributed by atoms with van der Waals surface area (Å²) in [5, 5.41) is 5.39. The van der Waals surface area contributed by atoms with E-state index in [4.69, 9.17) is 5.84 Å². The smallest absolute Gasteiger partial charge is 0.316 e. The van der Waals surface area contributed by atoms with E-state index in [9.17, 15) is 4.79 Å². The van der Waals surface area contributed by atoms with Crippen LogP contribution in [0.3, 0.4) is 0 Å². The minimum absolute atomic E-state index is 0.137. The van der Waals surface area contributed by atoms with E-state index >= 15 is 0 Å². The maximum atomic E-state index is 11.8. The second-order valence-electron chi connectivity index (χ2n) is 4.15. The third-order valence-corrected chi connectivity index (χ3v) is 2.81. The van der Waals surface area contributed by atoms with E-state index in [1.165, 1.54) is 11.3 Å². The van der Waals surface area contributed by atoms with Crippen LogP contribution >= 0.6 is 0 Å². The normalized spacial score (nSPS) is 16.7. The molecule has 0 bridgehead atoms. The van der Waals surface area contributed by atoms with Crippen LogP contribution in [0.2, 0.25) is 0 Å². The third-order valence-electron chi connectivity index (χ3n) is 2.81. The average molecular weight is 238 g/mol. The van der Waals surface area contributed by atoms with Gasteiger partial charge in [-0.3, -0.25) is 5.01 Å². The molecule has 2 amide bonds. The number of hydrogen-bond donors (Lipinski definition) is 1. The molecule has 0 atom stereocenters. The van der Waals surface area contributed by atoms with Gasteiger partial charge in [-0.25, -0.2) is 20.3 Å². The van der Waals surface area contributed by atoms with Crippen LogP contribution in [0.4, 0.5) is 4.79 Å². The summed E-state index contributed by atoms with van der Waals surface area (Å²) in [6.45, 7) is 4.73. The Hall–Kier alpha value is -1.63. The molecule has 1 aromatic rings. The average Bonchev–Trinajstić information content (AvgIpc) is 2.73. The van der Waals surface area contributed by atoms with Gasteiger partial charge in [-0.15, -0.1) is 0 Å². The minimum atomic E-state index is -0.137. The number of aromatic nitrogens is 3. The number of urea groups is 1. The Kier molecular flexibility index (Phi) is 3.58. The maximum Gasteiger partial charge on any atom is 0.334 e. The van der Waals surface area contributed by atoms with Crippen molar-refractivity contribution in [1.29, 1.82) is 0 Å². The van der Waals surface area contributed by atoms with Gasteiger partial charge in [-0.1, -0.05) is 6.92 Å². The van der Waals surface area contributed by atoms with Gasteiger partial charge >= 0.3 is 6.03 Å². The van der Waals surface area contributed by atoms with Gasteiger partial charge in [0.05, 0.1) is 6.54 Å². The molecule has 94 valence electrons. The molecule has 2 N–H and O–H groups in total. The Balaban J connectivity index is 2.04. The summed E-state index contributed by atoms with van der Waals surface area (Å²) in [6.07, 6.45) is 3.41. The molecule has 0 unspecified atom stereocenters. The molecule has 0 aliphatic carbocycles. The Labute approximate surface area is 100 Å². The maximum absolute atomic E-state index is 11.8. The molecule has 1 fully saturated rings. The zero-order chi connectivity index (χ0) is 12.3. The Morgan fingerprint density at radius 1 is 1.47 bits per heavy atom. The van der Waals surface area contributed by atoms with Crippen molar-refractivity contribution in [2.75, 3.05) is 13.1 Å². The Morgan fingerprint density at radius 2 is 2.29 bits per heavy atom. The fraction of sp³-hybridized carbons (Fsp3) is 0.700. The number of rotatable bonds is 4. The molecule has 7 heteroatoms. The second-order valence-corrected chi connectivity index (χ2v) is 4.15. The van der Waals surface area contributed by atoms with Crippen molar-refractivity contribution in [3.63, 3.8) is 0 Å². The van der Waals surface area contributed by atoms with Crippen LogP contribution < -0.4 is 5.84 Å². The molecular formula is C10H18N6O. The van der Waals surface area contributed by atoms with E-state index in [-0.39, 0.29) is 6.03 Å². The first-order valence-electron chi connectivity index (χ1n) is 5.90. The van der Waals surface area contributed by atoms with Crippen molar-refractivity contribution in [3.05, 3.63) is 12.2 Å². The number of nitrogens with zero attached hydrogens (tertiary/aromatic N) is 5. The quantitative estimate of drug-likeness (QED) is 0.599. The number of amides is 2. The predicted octanol–water partition coefficient (Wildman–Crippen LogP) is 0.190. The third kappa shape index (κ3) is 2.55. The Morgan fingerprint density at radius 3 is 3.06 bits per heavy atom. The summed E-state index contributed by atoms with van der Waals surface area (Å²) >= 11 is 0. The van der Waals surface area contributed by atoms with E-state index < -0.39 is 0 Å². The SMILES string of the molecule is CCCn1ncnc1CN1CCCN(N)C1=O. The highest BCUT2D eigenvalue weighted by molar-refractivity contribution is 5.74. The predicted molar refractivity (Wildman–Crippen MR) is 61.6 cm³/mol. The fourth-order valence-corrected chi connectivity index (χ4v) is 1.93. The largest absolute Gasteiger partial charge is 0.334 e. The molecule has 7 nitrogen and oxygen atoms in total. The number of hydrazine groups is 1. The molecule has 2 heterocycles. The van der Waals surface area contributed by atoms with Gasteiger partial charge < -0.3 is 4.90 Å². The van der Waals surface area contributed by atoms with Gasteiger partial charge in [-0.05, 0) is 12.8 Å². The van der Waals surface area contributed by atoms with Gasteiger partial charge in [-0.2, -0.15) is 5.10 Å². The highest BCUT2D eigenvalue weighted by Gasteiger charge is 2.24. The molecule has 1 aliphatic heterocycles. The summed E-state index contributed by atoms with van der Waals surface area (Å²) in [5.41, 5.74) is 0. The van der Waals surface area contributed by atoms with Gasteiger partial charge in [0, 0.05) is 19.6 Å². The lowest BCUT2D eigenvalue weighted by Gasteiger charge is -2.32. The molecule has 0 spiro atoms. The molecular weight excluding hydrogens is 220 g/mol. The van der Waals surface area contributed by atoms with Gasteiger partial charge in [0.2, 0.25) is 0 Å². The van der Waals surface area contributed by atoms with Crippen LogP contribution in [0.25, 0.3) is 0 Å². The van der Waals surface area contributed by atoms with E-state index in [1.807, 2.05) is 4.68 Å². The van der Waals surface area contributed by atoms with Crippen LogP contribution in [0.5, 0.6) is 0 Å². The van der Waals surface area contributed by atoms with Crippen molar-refractivity contribution < 1.29 is 4.79 Å². The van der Waals surface area contributed by atoms with Crippen LogP contribution in [0, 0.1) is 0 Å². The van der Waals surface area contributed by atoms with Crippen molar-refractivity contribution in [2.45, 2.75) is 32.9 Å². The highest BCUT2D eigenvalue weighted by atomic mass is 16.2. The first-order valence-corrected chi connectivity index (χ1v) is 5.90. The summed E-state index contributed by atoms with van der Waals surface area (Å²) < 4.78 is 1.84. The standard InChI is InChI=1S/C10H18N6O/c1-2-4-16-9(12-8-13-16)7-14-5-3-6-15(11)10(14)17/h8H,2-7,11H2,1H3. The van der Waals surface area contributed by atoms with Gasteiger partial charge in [0.25, 0.3) is 0 Å². The van der Waals surface area contributed by atoms with Gasteiger partial charge in [0.15, 0.2) is 0 Å². The van der Waals surface area contributed by atoms with Crippen LogP contribution in [0.15, 0.2) is 6.33 Å². The van der Waals surface area contributed by atoms with Gasteiger partial charge in [0.1, 0.15) is 12.2 Å². The lowest BCUT2D eigenvalue weighted by molar-refractivity contribution is 0.125. The van der Waals surface area contributed by atoms with E-state index in [0.29, 0.717) is 13.1 Å². The number of hydrogen-bond acceptors (Lipinski definition) is 4. The summed E-state index contributed by atoms with van der Waals surface area (Å²) in [7, 11) is 0. The fourth-order valence-electron chi connectivity index (χ4n) is 1.93. The van der Waals surface area contributed by atoms with Crippen molar-refractivity contribution in [1.82, 2.24) is 24.7 Å². The number of carbonyl (C=O) groups is 1. The van der Waals surface area contributed by atoms with E-state index in [1.54, 1.807) is 4.90 Å². The summed E-state index contributed by atoms with van der Waals surface area (Å²) in [5.74, 6) is 6.41. The van der Waals surface area contributed by atoms with E-state index in [0.717, 1.165) is 31.8 Å². The zero-order valence-corrected chi connectivity index (χ0v) is 10.0. The molecule has 1 aromatic heterocycles. The van der Waals surface area contributed by atoms with E-state index in [2.05, 4.69) is 17.0 Å². The van der Waals surface area contributed by atoms with Crippen LogP contribution in [-0.4, -0.2) is 43.8 Å². The Bertz CT molecular complexity index is 390. The minimum Gasteiger partial charge on any atom is -0.316 e. The first-order chi connectivity index (χ1) is 8.22. The molecule has 2 rings (SSSR count). The lowest BCUT2D eigenvalue weighted by Crippen LogP contribution is -2.52. The van der Waals surface area contributed by atoms with Crippen molar-refractivity contribution in [2.24, 2.45) is 5.84 Å². The first kappa shape index (κ1) is 11.8. The van der Waals surface area contributed by atoms with Crippen molar-refractivity contribution in [3.8, 4) is 0 Å².